The van der Waals surface area contributed by atoms with Crippen molar-refractivity contribution in [2.45, 2.75) is 31.6 Å². The van der Waals surface area contributed by atoms with Gasteiger partial charge in [-0.1, -0.05) is 48.5 Å². The third-order valence-corrected chi connectivity index (χ3v) is 7.76. The van der Waals surface area contributed by atoms with Crippen LogP contribution >= 0.6 is 11.8 Å². The van der Waals surface area contributed by atoms with E-state index in [1.54, 1.807) is 6.08 Å². The molecule has 0 aromatic heterocycles. The zero-order chi connectivity index (χ0) is 21.8. The van der Waals surface area contributed by atoms with E-state index in [1.165, 1.54) is 0 Å². The van der Waals surface area contributed by atoms with Gasteiger partial charge in [-0.15, -0.1) is 11.8 Å². The van der Waals surface area contributed by atoms with Gasteiger partial charge < -0.3 is 15.1 Å². The van der Waals surface area contributed by atoms with E-state index in [9.17, 15) is 9.59 Å². The molecule has 31 heavy (non-hydrogen) atoms. The Bertz CT molecular complexity index is 961. The second kappa shape index (κ2) is 9.18. The summed E-state index contributed by atoms with van der Waals surface area (Å²) in [6.45, 7) is 6.08. The standard InChI is InChI=1S/C25H29N3O2S/c1-19-7-6-8-20(2)23(19)26-24(30)27-15-13-25(14-16-27)28(17-18-31-25)22(29)12-11-21-9-4-3-5-10-21/h3-12H,13-18H2,1-2H3,(H,26,30). The van der Waals surface area contributed by atoms with Crippen molar-refractivity contribution >= 4 is 35.5 Å². The normalized spacial score (nSPS) is 18.0. The number of rotatable bonds is 3. The summed E-state index contributed by atoms with van der Waals surface area (Å²) in [4.78, 5) is 29.5. The Hall–Kier alpha value is -2.73. The largest absolute Gasteiger partial charge is 0.324 e. The van der Waals surface area contributed by atoms with E-state index in [1.807, 2.05) is 90.0 Å². The van der Waals surface area contributed by atoms with Gasteiger partial charge in [0.2, 0.25) is 5.91 Å². The second-order valence-corrected chi connectivity index (χ2v) is 9.67. The summed E-state index contributed by atoms with van der Waals surface area (Å²) in [5.41, 5.74) is 4.05. The van der Waals surface area contributed by atoms with Gasteiger partial charge in [0.25, 0.3) is 0 Å². The summed E-state index contributed by atoms with van der Waals surface area (Å²) in [6.07, 6.45) is 5.15. The molecule has 6 heteroatoms. The molecule has 1 N–H and O–H groups in total. The number of carbonyl (C=O) groups excluding carboxylic acids is 2. The van der Waals surface area contributed by atoms with E-state index in [2.05, 4.69) is 5.32 Å². The van der Waals surface area contributed by atoms with Crippen LogP contribution < -0.4 is 5.32 Å². The number of nitrogens with zero attached hydrogens (tertiary/aromatic N) is 2. The SMILES string of the molecule is Cc1cccc(C)c1NC(=O)N1CCC2(CC1)SCCN2C(=O)C=Cc1ccccc1. The number of nitrogens with one attached hydrogen (secondary N) is 1. The summed E-state index contributed by atoms with van der Waals surface area (Å²) in [5.74, 6) is 1.00. The molecule has 0 atom stereocenters. The summed E-state index contributed by atoms with van der Waals surface area (Å²) in [5, 5.41) is 3.09. The monoisotopic (exact) mass is 435 g/mol. The van der Waals surface area contributed by atoms with Gasteiger partial charge in [-0.2, -0.15) is 0 Å². The molecule has 2 aliphatic heterocycles. The molecule has 2 aromatic rings. The van der Waals surface area contributed by atoms with Crippen LogP contribution in [0.25, 0.3) is 6.08 Å². The van der Waals surface area contributed by atoms with Crippen LogP contribution in [0.4, 0.5) is 10.5 Å². The maximum absolute atomic E-state index is 13.0. The first-order valence-corrected chi connectivity index (χ1v) is 11.8. The molecular formula is C25H29N3O2S. The fraction of sp³-hybridized carbons (Fsp3) is 0.360. The van der Waals surface area contributed by atoms with Crippen molar-refractivity contribution in [2.24, 2.45) is 0 Å². The molecule has 2 fully saturated rings. The number of piperidine rings is 1. The zero-order valence-electron chi connectivity index (χ0n) is 18.1. The van der Waals surface area contributed by atoms with Crippen molar-refractivity contribution in [3.05, 3.63) is 71.3 Å². The lowest BCUT2D eigenvalue weighted by Gasteiger charge is -2.43. The van der Waals surface area contributed by atoms with Crippen LogP contribution in [0, 0.1) is 13.8 Å². The highest BCUT2D eigenvalue weighted by Gasteiger charge is 2.46. The zero-order valence-corrected chi connectivity index (χ0v) is 19.0. The Balaban J connectivity index is 1.39. The molecule has 0 bridgehead atoms. The number of amides is 3. The van der Waals surface area contributed by atoms with Crippen LogP contribution in [0.15, 0.2) is 54.6 Å². The van der Waals surface area contributed by atoms with E-state index in [0.29, 0.717) is 13.1 Å². The molecule has 2 aromatic carbocycles. The average molecular weight is 436 g/mol. The minimum absolute atomic E-state index is 0.0577. The van der Waals surface area contributed by atoms with E-state index in [4.69, 9.17) is 0 Å². The smallest absolute Gasteiger partial charge is 0.321 e. The molecule has 1 spiro atoms. The van der Waals surface area contributed by atoms with Crippen molar-refractivity contribution in [2.75, 3.05) is 30.7 Å². The number of likely N-dealkylation sites (tertiary alicyclic amines) is 1. The fourth-order valence-electron chi connectivity index (χ4n) is 4.41. The summed E-state index contributed by atoms with van der Waals surface area (Å²) in [6, 6.07) is 15.8. The fourth-order valence-corrected chi connectivity index (χ4v) is 5.87. The summed E-state index contributed by atoms with van der Waals surface area (Å²) >= 11 is 1.86. The molecule has 2 saturated heterocycles. The van der Waals surface area contributed by atoms with Crippen molar-refractivity contribution in [3.8, 4) is 0 Å². The molecule has 2 aliphatic rings. The molecule has 0 radical (unpaired) electrons. The lowest BCUT2D eigenvalue weighted by atomic mass is 10.0. The lowest BCUT2D eigenvalue weighted by molar-refractivity contribution is -0.129. The van der Waals surface area contributed by atoms with Crippen LogP contribution in [0.5, 0.6) is 0 Å². The number of urea groups is 1. The number of aryl methyl sites for hydroxylation is 2. The first kappa shape index (κ1) is 21.5. The number of hydrogen-bond acceptors (Lipinski definition) is 3. The van der Waals surface area contributed by atoms with Crippen molar-refractivity contribution < 1.29 is 9.59 Å². The van der Waals surface area contributed by atoms with Gasteiger partial charge in [-0.05, 0) is 49.5 Å². The molecule has 0 aliphatic carbocycles. The first-order chi connectivity index (χ1) is 15.0. The number of hydrogen-bond donors (Lipinski definition) is 1. The highest BCUT2D eigenvalue weighted by molar-refractivity contribution is 8.00. The predicted molar refractivity (Wildman–Crippen MR) is 128 cm³/mol. The van der Waals surface area contributed by atoms with Gasteiger partial charge in [0.1, 0.15) is 0 Å². The van der Waals surface area contributed by atoms with E-state index in [0.717, 1.165) is 47.5 Å². The Morgan fingerprint density at radius 3 is 2.32 bits per heavy atom. The highest BCUT2D eigenvalue weighted by Crippen LogP contribution is 2.44. The van der Waals surface area contributed by atoms with Crippen molar-refractivity contribution in [1.29, 1.82) is 0 Å². The van der Waals surface area contributed by atoms with E-state index >= 15 is 0 Å². The predicted octanol–water partition coefficient (Wildman–Crippen LogP) is 4.92. The van der Waals surface area contributed by atoms with Gasteiger partial charge in [-0.25, -0.2) is 4.79 Å². The Kier molecular flexibility index (Phi) is 6.37. The minimum atomic E-state index is -0.201. The highest BCUT2D eigenvalue weighted by atomic mass is 32.2. The van der Waals surface area contributed by atoms with Gasteiger partial charge in [0.05, 0.1) is 4.87 Å². The van der Waals surface area contributed by atoms with Gasteiger partial charge in [0, 0.05) is 37.2 Å². The molecule has 0 saturated carbocycles. The van der Waals surface area contributed by atoms with Gasteiger partial charge in [0.15, 0.2) is 0 Å². The number of benzene rings is 2. The molecule has 2 heterocycles. The molecule has 5 nitrogen and oxygen atoms in total. The topological polar surface area (TPSA) is 52.7 Å². The Morgan fingerprint density at radius 2 is 1.65 bits per heavy atom. The van der Waals surface area contributed by atoms with Crippen molar-refractivity contribution in [1.82, 2.24) is 9.80 Å². The summed E-state index contributed by atoms with van der Waals surface area (Å²) in [7, 11) is 0. The summed E-state index contributed by atoms with van der Waals surface area (Å²) < 4.78 is 0. The number of carbonyl (C=O) groups is 2. The molecule has 0 unspecified atom stereocenters. The van der Waals surface area contributed by atoms with E-state index < -0.39 is 0 Å². The second-order valence-electron chi connectivity index (χ2n) is 8.21. The van der Waals surface area contributed by atoms with Crippen LogP contribution in [-0.2, 0) is 4.79 Å². The maximum Gasteiger partial charge on any atom is 0.321 e. The average Bonchev–Trinajstić information content (AvgIpc) is 3.19. The first-order valence-electron chi connectivity index (χ1n) is 10.8. The van der Waals surface area contributed by atoms with Crippen molar-refractivity contribution in [3.63, 3.8) is 0 Å². The van der Waals surface area contributed by atoms with Crippen LogP contribution in [0.3, 0.4) is 0 Å². The van der Waals surface area contributed by atoms with E-state index in [-0.39, 0.29) is 16.8 Å². The third kappa shape index (κ3) is 4.64. The number of thioether (sulfide) groups is 1. The Morgan fingerprint density at radius 1 is 0.968 bits per heavy atom. The lowest BCUT2D eigenvalue weighted by Crippen LogP contribution is -2.54. The van der Waals surface area contributed by atoms with Crippen LogP contribution in [0.1, 0.15) is 29.5 Å². The number of para-hydroxylation sites is 1. The third-order valence-electron chi connectivity index (χ3n) is 6.21. The van der Waals surface area contributed by atoms with Gasteiger partial charge >= 0.3 is 6.03 Å². The maximum atomic E-state index is 13.0. The molecule has 162 valence electrons. The molecular weight excluding hydrogens is 406 g/mol. The van der Waals surface area contributed by atoms with Gasteiger partial charge in [-0.3, -0.25) is 4.79 Å². The van der Waals surface area contributed by atoms with Crippen LogP contribution in [0.2, 0.25) is 0 Å². The Labute approximate surface area is 188 Å². The number of anilines is 1. The van der Waals surface area contributed by atoms with Crippen LogP contribution in [-0.4, -0.2) is 52.0 Å². The molecule has 3 amide bonds. The molecule has 4 rings (SSSR count). The quantitative estimate of drug-likeness (QED) is 0.697. The minimum Gasteiger partial charge on any atom is -0.324 e.